The van der Waals surface area contributed by atoms with Gasteiger partial charge in [0.05, 0.1) is 11.5 Å². The molecule has 0 saturated carbocycles. The Morgan fingerprint density at radius 2 is 2.20 bits per heavy atom. The molecule has 1 heterocycles. The van der Waals surface area contributed by atoms with Crippen molar-refractivity contribution in [1.82, 2.24) is 10.2 Å². The highest BCUT2D eigenvalue weighted by Gasteiger charge is 2.19. The molecule has 8 nitrogen and oxygen atoms in total. The molecule has 0 aliphatic rings. The van der Waals surface area contributed by atoms with Gasteiger partial charge in [-0.05, 0) is 13.0 Å². The largest absolute Gasteiger partial charge is 0.459 e. The van der Waals surface area contributed by atoms with E-state index in [2.05, 4.69) is 26.1 Å². The molecule has 0 unspecified atom stereocenters. The van der Waals surface area contributed by atoms with E-state index in [1.165, 1.54) is 12.1 Å². The number of aromatic nitrogens is 2. The van der Waals surface area contributed by atoms with Crippen LogP contribution in [0.15, 0.2) is 27.1 Å². The van der Waals surface area contributed by atoms with Crippen molar-refractivity contribution in [1.29, 1.82) is 0 Å². The zero-order valence-corrected chi connectivity index (χ0v) is 11.8. The molecule has 0 radical (unpaired) electrons. The van der Waals surface area contributed by atoms with Gasteiger partial charge in [0.25, 0.3) is 5.69 Å². The summed E-state index contributed by atoms with van der Waals surface area (Å²) in [5, 5.41) is 18.0. The molecule has 0 aliphatic carbocycles. The standard InChI is InChI=1S/C11H8BrN3O5/c1-2-19-11(16)10-14-13-9(20-10)6-3-7(12)5-8(4-6)15(17)18/h3-5H,2H2,1H3. The Kier molecular flexibility index (Phi) is 4.08. The lowest BCUT2D eigenvalue weighted by Gasteiger charge is -1.98. The molecular weight excluding hydrogens is 334 g/mol. The highest BCUT2D eigenvalue weighted by Crippen LogP contribution is 2.27. The summed E-state index contributed by atoms with van der Waals surface area (Å²) in [6, 6.07) is 4.18. The Bertz CT molecular complexity index is 670. The summed E-state index contributed by atoms with van der Waals surface area (Å²) in [4.78, 5) is 21.6. The molecular formula is C11H8BrN3O5. The minimum atomic E-state index is -0.740. The van der Waals surface area contributed by atoms with Gasteiger partial charge in [0.1, 0.15) is 0 Å². The van der Waals surface area contributed by atoms with Crippen LogP contribution in [0.5, 0.6) is 0 Å². The van der Waals surface area contributed by atoms with E-state index in [1.54, 1.807) is 13.0 Å². The molecule has 20 heavy (non-hydrogen) atoms. The number of nitro benzene ring substituents is 1. The molecule has 1 aromatic heterocycles. The van der Waals surface area contributed by atoms with Gasteiger partial charge in [0.2, 0.25) is 5.89 Å². The summed E-state index contributed by atoms with van der Waals surface area (Å²) < 4.78 is 10.3. The average molecular weight is 342 g/mol. The minimum absolute atomic E-state index is 0.00236. The van der Waals surface area contributed by atoms with Crippen molar-refractivity contribution in [2.75, 3.05) is 6.61 Å². The normalized spacial score (nSPS) is 10.3. The molecule has 0 atom stereocenters. The van der Waals surface area contributed by atoms with Crippen LogP contribution in [0.4, 0.5) is 5.69 Å². The number of carbonyl (C=O) groups is 1. The van der Waals surface area contributed by atoms with Crippen molar-refractivity contribution in [2.24, 2.45) is 0 Å². The first-order valence-corrected chi connectivity index (χ1v) is 6.26. The molecule has 0 fully saturated rings. The number of ether oxygens (including phenoxy) is 1. The second kappa shape index (κ2) is 5.78. The first-order chi connectivity index (χ1) is 9.51. The van der Waals surface area contributed by atoms with E-state index < -0.39 is 10.9 Å². The van der Waals surface area contributed by atoms with E-state index in [1.807, 2.05) is 0 Å². The predicted octanol–water partition coefficient (Wildman–Crippen LogP) is 2.58. The lowest BCUT2D eigenvalue weighted by molar-refractivity contribution is -0.384. The summed E-state index contributed by atoms with van der Waals surface area (Å²) in [6.45, 7) is 1.83. The first-order valence-electron chi connectivity index (χ1n) is 5.47. The maximum absolute atomic E-state index is 11.4. The molecule has 0 amide bonds. The number of halogens is 1. The van der Waals surface area contributed by atoms with E-state index >= 15 is 0 Å². The number of esters is 1. The monoisotopic (exact) mass is 341 g/mol. The smallest absolute Gasteiger partial charge is 0.396 e. The van der Waals surface area contributed by atoms with Crippen LogP contribution < -0.4 is 0 Å². The van der Waals surface area contributed by atoms with Crippen LogP contribution in [0.3, 0.4) is 0 Å². The van der Waals surface area contributed by atoms with E-state index in [9.17, 15) is 14.9 Å². The SMILES string of the molecule is CCOC(=O)c1nnc(-c2cc(Br)cc([N+](=O)[O-])c2)o1. The molecule has 0 N–H and O–H groups in total. The summed E-state index contributed by atoms with van der Waals surface area (Å²) >= 11 is 3.15. The Morgan fingerprint density at radius 1 is 1.45 bits per heavy atom. The van der Waals surface area contributed by atoms with Gasteiger partial charge in [-0.2, -0.15) is 0 Å². The van der Waals surface area contributed by atoms with Gasteiger partial charge in [-0.1, -0.05) is 15.9 Å². The van der Waals surface area contributed by atoms with Crippen molar-refractivity contribution in [2.45, 2.75) is 6.92 Å². The van der Waals surface area contributed by atoms with Gasteiger partial charge in [-0.15, -0.1) is 10.2 Å². The van der Waals surface area contributed by atoms with Crippen molar-refractivity contribution < 1.29 is 18.9 Å². The minimum Gasteiger partial charge on any atom is -0.459 e. The Balaban J connectivity index is 2.37. The molecule has 2 aromatic rings. The van der Waals surface area contributed by atoms with Crippen LogP contribution >= 0.6 is 15.9 Å². The topological polar surface area (TPSA) is 108 Å². The highest BCUT2D eigenvalue weighted by molar-refractivity contribution is 9.10. The second-order valence-corrected chi connectivity index (χ2v) is 4.50. The number of non-ortho nitro benzene ring substituents is 1. The zero-order valence-electron chi connectivity index (χ0n) is 10.2. The molecule has 2 rings (SSSR count). The third-order valence-corrected chi connectivity index (χ3v) is 2.67. The molecule has 9 heteroatoms. The van der Waals surface area contributed by atoms with Crippen LogP contribution in [0, 0.1) is 10.1 Å². The Morgan fingerprint density at radius 3 is 2.85 bits per heavy atom. The fraction of sp³-hybridized carbons (Fsp3) is 0.182. The van der Waals surface area contributed by atoms with E-state index in [0.717, 1.165) is 0 Å². The lowest BCUT2D eigenvalue weighted by Crippen LogP contribution is -2.04. The molecule has 0 aliphatic heterocycles. The van der Waals surface area contributed by atoms with Crippen LogP contribution in [-0.4, -0.2) is 27.7 Å². The van der Waals surface area contributed by atoms with Gasteiger partial charge in [0, 0.05) is 22.2 Å². The van der Waals surface area contributed by atoms with Gasteiger partial charge in [-0.3, -0.25) is 10.1 Å². The summed E-state index contributed by atoms with van der Waals surface area (Å²) in [5.41, 5.74) is 0.194. The number of hydrogen-bond donors (Lipinski definition) is 0. The zero-order chi connectivity index (χ0) is 14.7. The fourth-order valence-electron chi connectivity index (χ4n) is 1.42. The van der Waals surface area contributed by atoms with Crippen molar-refractivity contribution in [3.8, 4) is 11.5 Å². The number of benzene rings is 1. The van der Waals surface area contributed by atoms with Crippen LogP contribution in [0.1, 0.15) is 17.6 Å². The summed E-state index contributed by atoms with van der Waals surface area (Å²) in [5.74, 6) is -1.04. The number of rotatable bonds is 4. The van der Waals surface area contributed by atoms with Crippen LogP contribution in [-0.2, 0) is 4.74 Å². The first kappa shape index (κ1) is 14.1. The van der Waals surface area contributed by atoms with Gasteiger partial charge in [0.15, 0.2) is 0 Å². The Labute approximate surface area is 121 Å². The number of hydrogen-bond acceptors (Lipinski definition) is 7. The third kappa shape index (κ3) is 2.99. The number of nitrogens with zero attached hydrogens (tertiary/aromatic N) is 3. The van der Waals surface area contributed by atoms with Crippen molar-refractivity contribution in [3.63, 3.8) is 0 Å². The molecule has 1 aromatic carbocycles. The fourth-order valence-corrected chi connectivity index (χ4v) is 1.90. The van der Waals surface area contributed by atoms with Crippen molar-refractivity contribution >= 4 is 27.6 Å². The molecule has 0 bridgehead atoms. The maximum Gasteiger partial charge on any atom is 0.396 e. The highest BCUT2D eigenvalue weighted by atomic mass is 79.9. The van der Waals surface area contributed by atoms with E-state index in [4.69, 9.17) is 9.15 Å². The predicted molar refractivity (Wildman–Crippen MR) is 70.0 cm³/mol. The van der Waals surface area contributed by atoms with Crippen molar-refractivity contribution in [3.05, 3.63) is 38.7 Å². The molecule has 0 saturated heterocycles. The van der Waals surface area contributed by atoms with Gasteiger partial charge >= 0.3 is 11.9 Å². The third-order valence-electron chi connectivity index (χ3n) is 2.22. The Hall–Kier alpha value is -2.29. The van der Waals surface area contributed by atoms with E-state index in [-0.39, 0.29) is 24.1 Å². The van der Waals surface area contributed by atoms with E-state index in [0.29, 0.717) is 10.0 Å². The quantitative estimate of drug-likeness (QED) is 0.477. The average Bonchev–Trinajstić information content (AvgIpc) is 2.88. The summed E-state index contributed by atoms with van der Waals surface area (Å²) in [7, 11) is 0. The number of nitro groups is 1. The van der Waals surface area contributed by atoms with Crippen LogP contribution in [0.2, 0.25) is 0 Å². The maximum atomic E-state index is 11.4. The summed E-state index contributed by atoms with van der Waals surface area (Å²) in [6.07, 6.45) is 0. The van der Waals surface area contributed by atoms with Gasteiger partial charge < -0.3 is 9.15 Å². The lowest BCUT2D eigenvalue weighted by atomic mass is 10.2. The number of carbonyl (C=O) groups excluding carboxylic acids is 1. The molecule has 0 spiro atoms. The van der Waals surface area contributed by atoms with Crippen LogP contribution in [0.25, 0.3) is 11.5 Å². The van der Waals surface area contributed by atoms with Gasteiger partial charge in [-0.25, -0.2) is 4.79 Å². The second-order valence-electron chi connectivity index (χ2n) is 3.59. The molecule has 104 valence electrons.